The lowest BCUT2D eigenvalue weighted by molar-refractivity contribution is -0.142. The minimum Gasteiger partial charge on any atom is -0.350 e. The molecule has 0 saturated carbocycles. The Morgan fingerprint density at radius 3 is 2.52 bits per heavy atom. The largest absolute Gasteiger partial charge is 0.416 e. The predicted molar refractivity (Wildman–Crippen MR) is 93.6 cm³/mol. The molecule has 1 aromatic carbocycles. The molecule has 2 amide bonds. The first kappa shape index (κ1) is 19.7. The van der Waals surface area contributed by atoms with Crippen LogP contribution in [0.4, 0.5) is 13.2 Å². The van der Waals surface area contributed by atoms with Crippen molar-refractivity contribution >= 4 is 11.8 Å². The quantitative estimate of drug-likeness (QED) is 0.839. The van der Waals surface area contributed by atoms with Gasteiger partial charge in [-0.1, -0.05) is 12.1 Å². The number of halogens is 3. The minimum absolute atomic E-state index is 0.0226. The molecule has 148 valence electrons. The lowest BCUT2D eigenvalue weighted by atomic mass is 9.97. The van der Waals surface area contributed by atoms with Crippen molar-refractivity contribution in [2.75, 3.05) is 19.6 Å². The standard InChI is InChI=1S/C19H24F3N3O2/c20-19(21,22)15-7-5-13(6-8-15)11-24-17(26)16-4-2-10-25(16)18(27)14-3-1-9-23-12-14/h5-8,14,16,23H,1-4,9-12H2,(H,24,26)/t14-,16+/m0/s1. The van der Waals surface area contributed by atoms with Gasteiger partial charge >= 0.3 is 6.18 Å². The SMILES string of the molecule is O=C(NCc1ccc(C(F)(F)F)cc1)[C@H]1CCCN1C(=O)[C@H]1CCCNC1. The number of piperidine rings is 1. The molecule has 5 nitrogen and oxygen atoms in total. The van der Waals surface area contributed by atoms with Gasteiger partial charge < -0.3 is 15.5 Å². The highest BCUT2D eigenvalue weighted by molar-refractivity contribution is 5.89. The van der Waals surface area contributed by atoms with Gasteiger partial charge in [-0.25, -0.2) is 0 Å². The summed E-state index contributed by atoms with van der Waals surface area (Å²) in [5.41, 5.74) is -0.130. The number of amides is 2. The number of benzene rings is 1. The summed E-state index contributed by atoms with van der Waals surface area (Å²) in [5, 5.41) is 5.97. The van der Waals surface area contributed by atoms with Crippen molar-refractivity contribution in [3.05, 3.63) is 35.4 Å². The smallest absolute Gasteiger partial charge is 0.350 e. The Labute approximate surface area is 156 Å². The first-order chi connectivity index (χ1) is 12.9. The van der Waals surface area contributed by atoms with Crippen molar-refractivity contribution in [1.29, 1.82) is 0 Å². The van der Waals surface area contributed by atoms with Gasteiger partial charge in [0.15, 0.2) is 0 Å². The van der Waals surface area contributed by atoms with Crippen molar-refractivity contribution in [3.63, 3.8) is 0 Å². The molecule has 0 radical (unpaired) electrons. The molecule has 0 aliphatic carbocycles. The topological polar surface area (TPSA) is 61.4 Å². The summed E-state index contributed by atoms with van der Waals surface area (Å²) in [6, 6.07) is 4.23. The van der Waals surface area contributed by atoms with Gasteiger partial charge in [-0.2, -0.15) is 13.2 Å². The fourth-order valence-corrected chi connectivity index (χ4v) is 3.72. The molecule has 2 atom stereocenters. The molecule has 0 aromatic heterocycles. The van der Waals surface area contributed by atoms with E-state index in [1.807, 2.05) is 0 Å². The van der Waals surface area contributed by atoms with E-state index in [2.05, 4.69) is 10.6 Å². The molecular weight excluding hydrogens is 359 g/mol. The Morgan fingerprint density at radius 1 is 1.15 bits per heavy atom. The molecular formula is C19H24F3N3O2. The minimum atomic E-state index is -4.37. The van der Waals surface area contributed by atoms with E-state index < -0.39 is 17.8 Å². The fraction of sp³-hybridized carbons (Fsp3) is 0.579. The van der Waals surface area contributed by atoms with Gasteiger partial charge in [-0.05, 0) is 49.9 Å². The number of hydrogen-bond acceptors (Lipinski definition) is 3. The summed E-state index contributed by atoms with van der Waals surface area (Å²) in [6.45, 7) is 2.28. The molecule has 8 heteroatoms. The van der Waals surface area contributed by atoms with Crippen LogP contribution >= 0.6 is 0 Å². The number of alkyl halides is 3. The van der Waals surface area contributed by atoms with Gasteiger partial charge in [0.25, 0.3) is 0 Å². The third-order valence-electron chi connectivity index (χ3n) is 5.23. The van der Waals surface area contributed by atoms with Crippen LogP contribution in [-0.4, -0.2) is 42.4 Å². The summed E-state index contributed by atoms with van der Waals surface area (Å²) in [4.78, 5) is 26.9. The number of carbonyl (C=O) groups excluding carboxylic acids is 2. The summed E-state index contributed by atoms with van der Waals surface area (Å²) >= 11 is 0. The zero-order valence-electron chi connectivity index (χ0n) is 15.0. The molecule has 2 heterocycles. The second-order valence-electron chi connectivity index (χ2n) is 7.15. The zero-order valence-corrected chi connectivity index (χ0v) is 15.0. The molecule has 2 fully saturated rings. The maximum absolute atomic E-state index is 12.7. The van der Waals surface area contributed by atoms with Crippen LogP contribution in [0.2, 0.25) is 0 Å². The first-order valence-electron chi connectivity index (χ1n) is 9.31. The Balaban J connectivity index is 1.56. The molecule has 2 N–H and O–H groups in total. The summed E-state index contributed by atoms with van der Waals surface area (Å²) in [6.07, 6.45) is -1.19. The molecule has 27 heavy (non-hydrogen) atoms. The third kappa shape index (κ3) is 4.80. The third-order valence-corrected chi connectivity index (χ3v) is 5.23. The fourth-order valence-electron chi connectivity index (χ4n) is 3.72. The van der Waals surface area contributed by atoms with E-state index in [9.17, 15) is 22.8 Å². The van der Waals surface area contributed by atoms with E-state index in [1.165, 1.54) is 12.1 Å². The maximum Gasteiger partial charge on any atom is 0.416 e. The highest BCUT2D eigenvalue weighted by atomic mass is 19.4. The summed E-state index contributed by atoms with van der Waals surface area (Å²) in [5.74, 6) is -0.305. The van der Waals surface area contributed by atoms with Crippen LogP contribution in [0.1, 0.15) is 36.8 Å². The molecule has 1 aromatic rings. The van der Waals surface area contributed by atoms with Crippen LogP contribution in [0.5, 0.6) is 0 Å². The monoisotopic (exact) mass is 383 g/mol. The second-order valence-corrected chi connectivity index (χ2v) is 7.15. The highest BCUT2D eigenvalue weighted by Crippen LogP contribution is 2.29. The van der Waals surface area contributed by atoms with E-state index in [1.54, 1.807) is 4.90 Å². The van der Waals surface area contributed by atoms with Crippen LogP contribution in [0.25, 0.3) is 0 Å². The Kier molecular flexibility index (Phi) is 6.04. The Morgan fingerprint density at radius 2 is 1.89 bits per heavy atom. The van der Waals surface area contributed by atoms with Gasteiger partial charge in [-0.3, -0.25) is 9.59 Å². The zero-order chi connectivity index (χ0) is 19.4. The lowest BCUT2D eigenvalue weighted by Crippen LogP contribution is -2.50. The van der Waals surface area contributed by atoms with Crippen molar-refractivity contribution in [3.8, 4) is 0 Å². The first-order valence-corrected chi connectivity index (χ1v) is 9.31. The number of rotatable bonds is 4. The number of nitrogens with one attached hydrogen (secondary N) is 2. The molecule has 0 bridgehead atoms. The molecule has 2 saturated heterocycles. The van der Waals surface area contributed by atoms with Crippen molar-refractivity contribution in [2.24, 2.45) is 5.92 Å². The number of likely N-dealkylation sites (tertiary alicyclic amines) is 1. The van der Waals surface area contributed by atoms with Crippen molar-refractivity contribution in [1.82, 2.24) is 15.5 Å². The molecule has 0 spiro atoms. The summed E-state index contributed by atoms with van der Waals surface area (Å²) in [7, 11) is 0. The molecule has 0 unspecified atom stereocenters. The molecule has 2 aliphatic rings. The second kappa shape index (κ2) is 8.29. The van der Waals surface area contributed by atoms with Gasteiger partial charge in [0.2, 0.25) is 11.8 Å². The van der Waals surface area contributed by atoms with E-state index in [-0.39, 0.29) is 24.3 Å². The normalized spacial score (nSPS) is 23.3. The molecule has 3 rings (SSSR count). The van der Waals surface area contributed by atoms with E-state index in [0.29, 0.717) is 25.1 Å². The predicted octanol–water partition coefficient (Wildman–Crippen LogP) is 2.31. The number of carbonyl (C=O) groups is 2. The van der Waals surface area contributed by atoms with Crippen LogP contribution in [0, 0.1) is 5.92 Å². The number of nitrogens with zero attached hydrogens (tertiary/aromatic N) is 1. The van der Waals surface area contributed by atoms with Gasteiger partial charge in [0.05, 0.1) is 11.5 Å². The summed E-state index contributed by atoms with van der Waals surface area (Å²) < 4.78 is 37.8. The van der Waals surface area contributed by atoms with Crippen LogP contribution in [0.15, 0.2) is 24.3 Å². The average molecular weight is 383 g/mol. The van der Waals surface area contributed by atoms with Crippen LogP contribution in [-0.2, 0) is 22.3 Å². The Hall–Kier alpha value is -2.09. The number of hydrogen-bond donors (Lipinski definition) is 2. The lowest BCUT2D eigenvalue weighted by Gasteiger charge is -2.30. The van der Waals surface area contributed by atoms with Crippen LogP contribution in [0.3, 0.4) is 0 Å². The van der Waals surface area contributed by atoms with Gasteiger partial charge in [0, 0.05) is 19.6 Å². The van der Waals surface area contributed by atoms with Crippen molar-refractivity contribution < 1.29 is 22.8 Å². The van der Waals surface area contributed by atoms with Crippen LogP contribution < -0.4 is 10.6 Å². The Bertz CT molecular complexity index is 670. The van der Waals surface area contributed by atoms with E-state index in [4.69, 9.17) is 0 Å². The highest BCUT2D eigenvalue weighted by Gasteiger charge is 2.37. The van der Waals surface area contributed by atoms with Gasteiger partial charge in [-0.15, -0.1) is 0 Å². The van der Waals surface area contributed by atoms with E-state index in [0.717, 1.165) is 37.9 Å². The maximum atomic E-state index is 12.7. The van der Waals surface area contributed by atoms with Crippen molar-refractivity contribution in [2.45, 2.75) is 44.4 Å². The van der Waals surface area contributed by atoms with Gasteiger partial charge in [0.1, 0.15) is 6.04 Å². The molecule has 2 aliphatic heterocycles. The average Bonchev–Trinajstić information content (AvgIpc) is 3.16. The van der Waals surface area contributed by atoms with E-state index >= 15 is 0 Å².